The van der Waals surface area contributed by atoms with Crippen molar-refractivity contribution in [3.05, 3.63) is 65.7 Å². The van der Waals surface area contributed by atoms with Crippen LogP contribution in [0, 0.1) is 6.92 Å². The molecular formula is C19H18N6S. The molecule has 0 aliphatic heterocycles. The molecule has 0 amide bonds. The zero-order chi connectivity index (χ0) is 17.9. The summed E-state index contributed by atoms with van der Waals surface area (Å²) in [7, 11) is 0. The number of aryl methyl sites for hydroxylation is 1. The van der Waals surface area contributed by atoms with Gasteiger partial charge in [0.15, 0.2) is 5.82 Å². The Kier molecular flexibility index (Phi) is 4.53. The molecule has 0 aliphatic carbocycles. The number of aromatic nitrogens is 6. The minimum absolute atomic E-state index is 0.0578. The maximum atomic E-state index is 4.50. The molecule has 0 fully saturated rings. The number of pyridine rings is 1. The van der Waals surface area contributed by atoms with E-state index in [-0.39, 0.29) is 6.04 Å². The number of hydrogen-bond acceptors (Lipinski definition) is 6. The van der Waals surface area contributed by atoms with Gasteiger partial charge in [-0.25, -0.2) is 14.6 Å². The molecule has 4 rings (SSSR count). The molecule has 0 saturated carbocycles. The first-order valence-electron chi connectivity index (χ1n) is 8.45. The van der Waals surface area contributed by atoms with Crippen LogP contribution < -0.4 is 0 Å². The molecule has 0 radical (unpaired) electrons. The van der Waals surface area contributed by atoms with Crippen LogP contribution >= 0.6 is 11.3 Å². The molecule has 0 saturated heterocycles. The zero-order valence-electron chi connectivity index (χ0n) is 14.6. The lowest BCUT2D eigenvalue weighted by atomic mass is 10.1. The van der Waals surface area contributed by atoms with Crippen LogP contribution in [0.1, 0.15) is 30.6 Å². The lowest BCUT2D eigenvalue weighted by Gasteiger charge is -2.14. The third-order valence-corrected chi connectivity index (χ3v) is 5.05. The van der Waals surface area contributed by atoms with Gasteiger partial charge >= 0.3 is 0 Å². The lowest BCUT2D eigenvalue weighted by molar-refractivity contribution is 0.482. The van der Waals surface area contributed by atoms with Crippen molar-refractivity contribution in [1.29, 1.82) is 0 Å². The molecule has 0 aliphatic rings. The molecule has 0 spiro atoms. The summed E-state index contributed by atoms with van der Waals surface area (Å²) < 4.78 is 1.87. The van der Waals surface area contributed by atoms with Crippen LogP contribution in [0.2, 0.25) is 0 Å². The Morgan fingerprint density at radius 1 is 1.15 bits per heavy atom. The van der Waals surface area contributed by atoms with Crippen molar-refractivity contribution in [1.82, 2.24) is 29.9 Å². The summed E-state index contributed by atoms with van der Waals surface area (Å²) in [6.45, 7) is 4.19. The summed E-state index contributed by atoms with van der Waals surface area (Å²) in [6, 6.07) is 8.15. The van der Waals surface area contributed by atoms with E-state index in [0.717, 1.165) is 34.1 Å². The van der Waals surface area contributed by atoms with Crippen molar-refractivity contribution in [2.45, 2.75) is 26.3 Å². The standard InChI is InChI=1S/C19H18N6S/c1-3-17(15-9-13(2)6-7-20-15)25-12-16(23-24-25)14-10-21-19(22-11-14)18-5-4-8-26-18/h4-12,17H,3H2,1-2H3/t17-/m1/s1. The van der Waals surface area contributed by atoms with Crippen LogP contribution in [0.3, 0.4) is 0 Å². The Hall–Kier alpha value is -2.93. The van der Waals surface area contributed by atoms with Crippen LogP contribution in [0.15, 0.2) is 54.4 Å². The second kappa shape index (κ2) is 7.13. The predicted octanol–water partition coefficient (Wildman–Crippen LogP) is 4.17. The van der Waals surface area contributed by atoms with E-state index in [0.29, 0.717) is 0 Å². The maximum absolute atomic E-state index is 4.50. The van der Waals surface area contributed by atoms with E-state index >= 15 is 0 Å². The Morgan fingerprint density at radius 3 is 2.69 bits per heavy atom. The molecule has 4 aromatic heterocycles. The number of rotatable bonds is 5. The van der Waals surface area contributed by atoms with E-state index in [2.05, 4.69) is 45.2 Å². The summed E-state index contributed by atoms with van der Waals surface area (Å²) >= 11 is 1.62. The average Bonchev–Trinajstić information content (AvgIpc) is 3.35. The fraction of sp³-hybridized carbons (Fsp3) is 0.211. The van der Waals surface area contributed by atoms with Crippen molar-refractivity contribution in [3.8, 4) is 22.0 Å². The van der Waals surface area contributed by atoms with Gasteiger partial charge in [0.05, 0.1) is 22.8 Å². The molecule has 4 aromatic rings. The van der Waals surface area contributed by atoms with Crippen molar-refractivity contribution in [2.24, 2.45) is 0 Å². The first-order valence-corrected chi connectivity index (χ1v) is 9.33. The first kappa shape index (κ1) is 16.5. The highest BCUT2D eigenvalue weighted by atomic mass is 32.1. The highest BCUT2D eigenvalue weighted by Gasteiger charge is 2.16. The summed E-state index contributed by atoms with van der Waals surface area (Å²) in [5.41, 5.74) is 3.79. The number of nitrogens with zero attached hydrogens (tertiary/aromatic N) is 6. The van der Waals surface area contributed by atoms with Crippen LogP contribution in [0.25, 0.3) is 22.0 Å². The maximum Gasteiger partial charge on any atom is 0.169 e. The van der Waals surface area contributed by atoms with Gasteiger partial charge in [0.25, 0.3) is 0 Å². The first-order chi connectivity index (χ1) is 12.7. The monoisotopic (exact) mass is 362 g/mol. The van der Waals surface area contributed by atoms with E-state index in [9.17, 15) is 0 Å². The third-order valence-electron chi connectivity index (χ3n) is 4.18. The summed E-state index contributed by atoms with van der Waals surface area (Å²) in [4.78, 5) is 14.5. The molecule has 0 unspecified atom stereocenters. The molecule has 0 bridgehead atoms. The quantitative estimate of drug-likeness (QED) is 0.533. The number of thiophene rings is 1. The smallest absolute Gasteiger partial charge is 0.169 e. The van der Waals surface area contributed by atoms with E-state index < -0.39 is 0 Å². The van der Waals surface area contributed by atoms with Crippen LogP contribution in [-0.2, 0) is 0 Å². The largest absolute Gasteiger partial charge is 0.259 e. The van der Waals surface area contributed by atoms with Gasteiger partial charge in [0.1, 0.15) is 5.69 Å². The van der Waals surface area contributed by atoms with Crippen LogP contribution in [0.4, 0.5) is 0 Å². The fourth-order valence-corrected chi connectivity index (χ4v) is 3.50. The highest BCUT2D eigenvalue weighted by molar-refractivity contribution is 7.13. The second-order valence-corrected chi connectivity index (χ2v) is 6.99. The van der Waals surface area contributed by atoms with Gasteiger partial charge < -0.3 is 0 Å². The SMILES string of the molecule is CC[C@H](c1cc(C)ccn1)n1cc(-c2cnc(-c3cccs3)nc2)nn1. The molecule has 0 aromatic carbocycles. The molecule has 6 nitrogen and oxygen atoms in total. The second-order valence-electron chi connectivity index (χ2n) is 6.04. The Labute approximate surface area is 155 Å². The van der Waals surface area contributed by atoms with Crippen LogP contribution in [-0.4, -0.2) is 29.9 Å². The Bertz CT molecular complexity index is 991. The van der Waals surface area contributed by atoms with Crippen molar-refractivity contribution >= 4 is 11.3 Å². The molecule has 130 valence electrons. The van der Waals surface area contributed by atoms with Gasteiger partial charge in [0, 0.05) is 24.2 Å². The zero-order valence-corrected chi connectivity index (χ0v) is 15.4. The summed E-state index contributed by atoms with van der Waals surface area (Å²) in [5.74, 6) is 0.728. The summed E-state index contributed by atoms with van der Waals surface area (Å²) in [6.07, 6.45) is 8.24. The van der Waals surface area contributed by atoms with E-state index in [1.165, 1.54) is 5.56 Å². The van der Waals surface area contributed by atoms with Crippen molar-refractivity contribution in [2.75, 3.05) is 0 Å². The van der Waals surface area contributed by atoms with Gasteiger partial charge in [-0.1, -0.05) is 18.2 Å². The lowest BCUT2D eigenvalue weighted by Crippen LogP contribution is -2.12. The minimum Gasteiger partial charge on any atom is -0.259 e. The summed E-state index contributed by atoms with van der Waals surface area (Å²) in [5, 5.41) is 10.6. The molecule has 1 atom stereocenters. The fourth-order valence-electron chi connectivity index (χ4n) is 2.83. The highest BCUT2D eigenvalue weighted by Crippen LogP contribution is 2.24. The van der Waals surface area contributed by atoms with E-state index in [4.69, 9.17) is 0 Å². The molecule has 26 heavy (non-hydrogen) atoms. The Balaban J connectivity index is 1.61. The number of hydrogen-bond donors (Lipinski definition) is 0. The molecule has 0 N–H and O–H groups in total. The van der Waals surface area contributed by atoms with E-state index in [1.54, 1.807) is 23.7 Å². The Morgan fingerprint density at radius 2 is 2.00 bits per heavy atom. The molecule has 7 heteroatoms. The normalized spacial score (nSPS) is 12.2. The third kappa shape index (κ3) is 3.25. The van der Waals surface area contributed by atoms with Gasteiger partial charge in [0.2, 0.25) is 0 Å². The van der Waals surface area contributed by atoms with Crippen molar-refractivity contribution in [3.63, 3.8) is 0 Å². The molecule has 4 heterocycles. The molecular weight excluding hydrogens is 344 g/mol. The van der Waals surface area contributed by atoms with Gasteiger partial charge in [-0.15, -0.1) is 16.4 Å². The topological polar surface area (TPSA) is 69.4 Å². The van der Waals surface area contributed by atoms with E-state index in [1.807, 2.05) is 40.7 Å². The minimum atomic E-state index is 0.0578. The van der Waals surface area contributed by atoms with Crippen LogP contribution in [0.5, 0.6) is 0 Å². The predicted molar refractivity (Wildman–Crippen MR) is 102 cm³/mol. The van der Waals surface area contributed by atoms with Crippen molar-refractivity contribution < 1.29 is 0 Å². The van der Waals surface area contributed by atoms with Gasteiger partial charge in [-0.3, -0.25) is 4.98 Å². The van der Waals surface area contributed by atoms with Gasteiger partial charge in [-0.05, 0) is 42.5 Å². The average molecular weight is 362 g/mol. The van der Waals surface area contributed by atoms with Gasteiger partial charge in [-0.2, -0.15) is 0 Å².